The molecule has 0 radical (unpaired) electrons. The van der Waals surface area contributed by atoms with Crippen molar-refractivity contribution in [3.8, 4) is 28.4 Å². The molecule has 0 unspecified atom stereocenters. The second-order valence-electron chi connectivity index (χ2n) is 5.55. The van der Waals surface area contributed by atoms with Crippen molar-refractivity contribution in [2.45, 2.75) is 6.61 Å². The molecule has 0 aliphatic carbocycles. The summed E-state index contributed by atoms with van der Waals surface area (Å²) in [6, 6.07) is 13.7. The molecule has 0 aliphatic heterocycles. The summed E-state index contributed by atoms with van der Waals surface area (Å²) in [6.45, 7) is 0.288. The van der Waals surface area contributed by atoms with Crippen molar-refractivity contribution in [2.24, 2.45) is 0 Å². The van der Waals surface area contributed by atoms with Crippen molar-refractivity contribution in [1.82, 2.24) is 4.98 Å². The van der Waals surface area contributed by atoms with Crippen molar-refractivity contribution >= 4 is 5.97 Å². The number of aromatic hydroxyl groups is 1. The Kier molecular flexibility index (Phi) is 5.03. The second-order valence-corrected chi connectivity index (χ2v) is 5.55. The molecular weight excluding hydrogens is 334 g/mol. The zero-order valence-corrected chi connectivity index (χ0v) is 14.0. The van der Waals surface area contributed by atoms with Gasteiger partial charge in [0.25, 0.3) is 0 Å². The number of ether oxygens (including phenoxy) is 2. The summed E-state index contributed by atoms with van der Waals surface area (Å²) >= 11 is 0. The summed E-state index contributed by atoms with van der Waals surface area (Å²) in [5, 5.41) is 18.6. The minimum Gasteiger partial charge on any atom is -0.507 e. The predicted octanol–water partition coefficient (Wildman–Crippen LogP) is 3.74. The Morgan fingerprint density at radius 1 is 1.12 bits per heavy atom. The number of carboxylic acid groups (broad SMARTS) is 1. The van der Waals surface area contributed by atoms with Crippen LogP contribution in [0.15, 0.2) is 60.9 Å². The first-order chi connectivity index (χ1) is 12.6. The normalized spacial score (nSPS) is 10.3. The zero-order valence-electron chi connectivity index (χ0n) is 14.0. The van der Waals surface area contributed by atoms with Crippen molar-refractivity contribution < 1.29 is 24.5 Å². The van der Waals surface area contributed by atoms with Crippen molar-refractivity contribution in [2.75, 3.05) is 7.11 Å². The third-order valence-electron chi connectivity index (χ3n) is 3.87. The van der Waals surface area contributed by atoms with Crippen LogP contribution in [0.1, 0.15) is 15.9 Å². The molecule has 26 heavy (non-hydrogen) atoms. The summed E-state index contributed by atoms with van der Waals surface area (Å²) in [6.07, 6.45) is 3.42. The summed E-state index contributed by atoms with van der Waals surface area (Å²) in [5.74, 6) is -0.368. The van der Waals surface area contributed by atoms with E-state index in [1.54, 1.807) is 25.6 Å². The van der Waals surface area contributed by atoms with Crippen LogP contribution in [0.5, 0.6) is 17.2 Å². The number of benzene rings is 2. The van der Waals surface area contributed by atoms with E-state index >= 15 is 0 Å². The monoisotopic (exact) mass is 351 g/mol. The van der Waals surface area contributed by atoms with Gasteiger partial charge in [-0.25, -0.2) is 4.79 Å². The average molecular weight is 351 g/mol. The fourth-order valence-electron chi connectivity index (χ4n) is 2.51. The molecule has 0 spiro atoms. The highest BCUT2D eigenvalue weighted by atomic mass is 16.5. The highest BCUT2D eigenvalue weighted by Gasteiger charge is 2.10. The smallest absolute Gasteiger partial charge is 0.339 e. The maximum Gasteiger partial charge on any atom is 0.339 e. The van der Waals surface area contributed by atoms with Crippen LogP contribution in [-0.4, -0.2) is 28.3 Å². The van der Waals surface area contributed by atoms with Gasteiger partial charge in [-0.05, 0) is 29.3 Å². The quantitative estimate of drug-likeness (QED) is 0.703. The number of aromatic nitrogens is 1. The molecule has 0 amide bonds. The largest absolute Gasteiger partial charge is 0.507 e. The lowest BCUT2D eigenvalue weighted by Gasteiger charge is -2.10. The van der Waals surface area contributed by atoms with Crippen LogP contribution in [0.2, 0.25) is 0 Å². The zero-order chi connectivity index (χ0) is 18.5. The molecular formula is C20H17NO5. The molecule has 132 valence electrons. The number of carboxylic acids is 1. The van der Waals surface area contributed by atoms with Gasteiger partial charge in [-0.15, -0.1) is 0 Å². The Balaban J connectivity index is 1.70. The van der Waals surface area contributed by atoms with Gasteiger partial charge in [-0.2, -0.15) is 0 Å². The Bertz CT molecular complexity index is 922. The fraction of sp³-hybridized carbons (Fsp3) is 0.100. The van der Waals surface area contributed by atoms with Gasteiger partial charge < -0.3 is 19.7 Å². The Labute approximate surface area is 150 Å². The summed E-state index contributed by atoms with van der Waals surface area (Å²) in [5.41, 5.74) is 2.64. The van der Waals surface area contributed by atoms with E-state index in [-0.39, 0.29) is 17.9 Å². The van der Waals surface area contributed by atoms with Crippen LogP contribution in [-0.2, 0) is 6.61 Å². The van der Waals surface area contributed by atoms with E-state index in [0.29, 0.717) is 5.75 Å². The highest BCUT2D eigenvalue weighted by Crippen LogP contribution is 2.29. The van der Waals surface area contributed by atoms with Crippen molar-refractivity contribution in [3.05, 3.63) is 72.1 Å². The molecule has 2 N–H and O–H groups in total. The minimum atomic E-state index is -1.18. The van der Waals surface area contributed by atoms with E-state index in [9.17, 15) is 9.90 Å². The number of carbonyl (C=O) groups is 1. The molecule has 1 aromatic heterocycles. The van der Waals surface area contributed by atoms with Crippen LogP contribution in [0, 0.1) is 0 Å². The maximum atomic E-state index is 10.9. The molecule has 0 saturated carbocycles. The third kappa shape index (κ3) is 3.75. The van der Waals surface area contributed by atoms with Gasteiger partial charge in [-0.1, -0.05) is 24.3 Å². The second kappa shape index (κ2) is 7.57. The number of hydrogen-bond acceptors (Lipinski definition) is 5. The number of nitrogens with zero attached hydrogens (tertiary/aromatic N) is 1. The first kappa shape index (κ1) is 17.3. The van der Waals surface area contributed by atoms with Gasteiger partial charge in [0.2, 0.25) is 0 Å². The van der Waals surface area contributed by atoms with E-state index < -0.39 is 5.97 Å². The number of hydrogen-bond donors (Lipinski definition) is 2. The summed E-state index contributed by atoms with van der Waals surface area (Å²) in [7, 11) is 1.62. The van der Waals surface area contributed by atoms with Crippen molar-refractivity contribution in [1.29, 1.82) is 0 Å². The molecule has 3 rings (SSSR count). The number of phenols is 1. The van der Waals surface area contributed by atoms with Gasteiger partial charge in [0.05, 0.1) is 7.11 Å². The van der Waals surface area contributed by atoms with Crippen LogP contribution in [0.3, 0.4) is 0 Å². The van der Waals surface area contributed by atoms with Crippen LogP contribution >= 0.6 is 0 Å². The number of rotatable bonds is 6. The third-order valence-corrected chi connectivity index (χ3v) is 3.87. The Morgan fingerprint density at radius 2 is 1.88 bits per heavy atom. The van der Waals surface area contributed by atoms with Crippen LogP contribution < -0.4 is 9.47 Å². The van der Waals surface area contributed by atoms with Gasteiger partial charge in [0, 0.05) is 24.0 Å². The predicted molar refractivity (Wildman–Crippen MR) is 95.6 cm³/mol. The van der Waals surface area contributed by atoms with Crippen molar-refractivity contribution in [3.63, 3.8) is 0 Å². The van der Waals surface area contributed by atoms with Gasteiger partial charge in [0.15, 0.2) is 0 Å². The Morgan fingerprint density at radius 3 is 2.54 bits per heavy atom. The first-order valence-corrected chi connectivity index (χ1v) is 7.85. The molecule has 6 nitrogen and oxygen atoms in total. The fourth-order valence-corrected chi connectivity index (χ4v) is 2.51. The van der Waals surface area contributed by atoms with E-state index in [2.05, 4.69) is 4.98 Å². The van der Waals surface area contributed by atoms with E-state index in [0.717, 1.165) is 22.4 Å². The number of aromatic carboxylic acids is 1. The van der Waals surface area contributed by atoms with Gasteiger partial charge in [-0.3, -0.25) is 4.98 Å². The molecule has 0 bridgehead atoms. The van der Waals surface area contributed by atoms with Gasteiger partial charge >= 0.3 is 5.97 Å². The van der Waals surface area contributed by atoms with E-state index in [1.165, 1.54) is 18.2 Å². The van der Waals surface area contributed by atoms with Crippen LogP contribution in [0.4, 0.5) is 0 Å². The maximum absolute atomic E-state index is 10.9. The molecule has 2 aromatic carbocycles. The Hall–Kier alpha value is -3.54. The lowest BCUT2D eigenvalue weighted by Crippen LogP contribution is -1.99. The lowest BCUT2D eigenvalue weighted by molar-refractivity contribution is 0.0693. The standard InChI is InChI=1S/C20H17NO5/c1-25-19-8-9-21-11-17(19)14-4-2-13(3-5-14)12-26-15-6-7-16(20(23)24)18(22)10-15/h2-11,22H,12H2,1H3,(H,23,24). The molecule has 0 atom stereocenters. The van der Waals surface area contributed by atoms with Gasteiger partial charge in [0.1, 0.15) is 29.4 Å². The minimum absolute atomic E-state index is 0.160. The SMILES string of the molecule is COc1ccncc1-c1ccc(COc2ccc(C(=O)O)c(O)c2)cc1. The van der Waals surface area contributed by atoms with E-state index in [4.69, 9.17) is 14.6 Å². The number of pyridine rings is 1. The topological polar surface area (TPSA) is 88.9 Å². The lowest BCUT2D eigenvalue weighted by atomic mass is 10.1. The highest BCUT2D eigenvalue weighted by molar-refractivity contribution is 5.90. The summed E-state index contributed by atoms with van der Waals surface area (Å²) < 4.78 is 11.0. The molecule has 0 fully saturated rings. The molecule has 6 heteroatoms. The molecule has 0 aliphatic rings. The first-order valence-electron chi connectivity index (χ1n) is 7.85. The summed E-state index contributed by atoms with van der Waals surface area (Å²) in [4.78, 5) is 15.0. The van der Waals surface area contributed by atoms with E-state index in [1.807, 2.05) is 24.3 Å². The molecule has 0 saturated heterocycles. The number of methoxy groups -OCH3 is 1. The molecule has 1 heterocycles. The van der Waals surface area contributed by atoms with Crippen LogP contribution in [0.25, 0.3) is 11.1 Å². The molecule has 3 aromatic rings. The average Bonchev–Trinajstić information content (AvgIpc) is 2.66.